The fraction of sp³-hybridized carbons (Fsp3) is 0.333. The smallest absolute Gasteiger partial charge is 0.170 e. The summed E-state index contributed by atoms with van der Waals surface area (Å²) in [6, 6.07) is 1.73. The maximum Gasteiger partial charge on any atom is 0.170 e. The van der Waals surface area contributed by atoms with E-state index in [-0.39, 0.29) is 0 Å². The van der Waals surface area contributed by atoms with E-state index in [9.17, 15) is 0 Å². The average Bonchev–Trinajstić information content (AvgIpc) is 2.37. The van der Waals surface area contributed by atoms with Gasteiger partial charge in [-0.2, -0.15) is 0 Å². The van der Waals surface area contributed by atoms with Crippen molar-refractivity contribution < 1.29 is 14.2 Å². The van der Waals surface area contributed by atoms with Crippen LogP contribution >= 0.6 is 11.6 Å². The van der Waals surface area contributed by atoms with E-state index < -0.39 is 0 Å². The lowest BCUT2D eigenvalue weighted by Gasteiger charge is -2.22. The highest BCUT2D eigenvalue weighted by Gasteiger charge is 2.21. The molecule has 92 valence electrons. The standard InChI is InChI=1S/C12H14ClNO3/c1-15-9-7-10-12(17-6-5-16-10)8(11(9)13)3-2-4-14/h2-3,7H,4-6,14H2,1H3/b3-2+. The van der Waals surface area contributed by atoms with Gasteiger partial charge in [0.05, 0.1) is 12.1 Å². The van der Waals surface area contributed by atoms with Crippen molar-refractivity contribution >= 4 is 17.7 Å². The first kappa shape index (κ1) is 12.1. The molecule has 0 saturated heterocycles. The SMILES string of the molecule is COc1cc2c(c(/C=C/CN)c1Cl)OCCO2. The zero-order valence-electron chi connectivity index (χ0n) is 9.53. The lowest BCUT2D eigenvalue weighted by atomic mass is 10.1. The number of hydrogen-bond acceptors (Lipinski definition) is 4. The van der Waals surface area contributed by atoms with Gasteiger partial charge >= 0.3 is 0 Å². The van der Waals surface area contributed by atoms with Crippen molar-refractivity contribution in [2.24, 2.45) is 5.73 Å². The summed E-state index contributed by atoms with van der Waals surface area (Å²) >= 11 is 6.23. The molecular weight excluding hydrogens is 242 g/mol. The van der Waals surface area contributed by atoms with Crippen LogP contribution in [0.25, 0.3) is 6.08 Å². The molecule has 0 aliphatic carbocycles. The Bertz CT molecular complexity index is 446. The van der Waals surface area contributed by atoms with Gasteiger partial charge in [0, 0.05) is 18.2 Å². The maximum absolute atomic E-state index is 6.23. The topological polar surface area (TPSA) is 53.7 Å². The van der Waals surface area contributed by atoms with Gasteiger partial charge in [-0.3, -0.25) is 0 Å². The van der Waals surface area contributed by atoms with Crippen LogP contribution in [0.4, 0.5) is 0 Å². The van der Waals surface area contributed by atoms with Crippen LogP contribution in [0.1, 0.15) is 5.56 Å². The van der Waals surface area contributed by atoms with Crippen LogP contribution in [-0.4, -0.2) is 26.9 Å². The molecule has 0 spiro atoms. The number of fused-ring (bicyclic) bond motifs is 1. The van der Waals surface area contributed by atoms with Gasteiger partial charge in [0.25, 0.3) is 0 Å². The van der Waals surface area contributed by atoms with Crippen molar-refractivity contribution in [3.63, 3.8) is 0 Å². The number of hydrogen-bond donors (Lipinski definition) is 1. The van der Waals surface area contributed by atoms with Gasteiger partial charge in [-0.15, -0.1) is 0 Å². The second-order valence-corrected chi connectivity index (χ2v) is 3.85. The molecule has 5 heteroatoms. The Hall–Kier alpha value is -1.39. The Morgan fingerprint density at radius 1 is 1.47 bits per heavy atom. The predicted molar refractivity (Wildman–Crippen MR) is 67.1 cm³/mol. The highest BCUT2D eigenvalue weighted by molar-refractivity contribution is 6.34. The van der Waals surface area contributed by atoms with Crippen LogP contribution in [0.5, 0.6) is 17.2 Å². The Kier molecular flexibility index (Phi) is 3.76. The number of ether oxygens (including phenoxy) is 3. The van der Waals surface area contributed by atoms with Gasteiger partial charge in [0.2, 0.25) is 0 Å². The third-order valence-electron chi connectivity index (χ3n) is 2.41. The minimum Gasteiger partial charge on any atom is -0.495 e. The second-order valence-electron chi connectivity index (χ2n) is 3.47. The highest BCUT2D eigenvalue weighted by Crippen LogP contribution is 2.44. The Balaban J connectivity index is 2.55. The number of rotatable bonds is 3. The summed E-state index contributed by atoms with van der Waals surface area (Å²) in [5, 5.41) is 0.501. The van der Waals surface area contributed by atoms with Gasteiger partial charge in [-0.05, 0) is 0 Å². The summed E-state index contributed by atoms with van der Waals surface area (Å²) in [6.07, 6.45) is 3.62. The summed E-state index contributed by atoms with van der Waals surface area (Å²) in [5.74, 6) is 1.86. The molecule has 0 fully saturated rings. The summed E-state index contributed by atoms with van der Waals surface area (Å²) in [7, 11) is 1.56. The van der Waals surface area contributed by atoms with Gasteiger partial charge in [-0.25, -0.2) is 0 Å². The van der Waals surface area contributed by atoms with Gasteiger partial charge in [0.1, 0.15) is 19.0 Å². The van der Waals surface area contributed by atoms with Crippen LogP contribution in [0.15, 0.2) is 12.1 Å². The quantitative estimate of drug-likeness (QED) is 0.899. The molecule has 1 aliphatic heterocycles. The number of nitrogens with two attached hydrogens (primary N) is 1. The maximum atomic E-state index is 6.23. The van der Waals surface area contributed by atoms with Crippen molar-refractivity contribution in [2.75, 3.05) is 26.9 Å². The van der Waals surface area contributed by atoms with Crippen molar-refractivity contribution in [3.05, 3.63) is 22.7 Å². The van der Waals surface area contributed by atoms with Crippen molar-refractivity contribution in [3.8, 4) is 17.2 Å². The van der Waals surface area contributed by atoms with E-state index in [2.05, 4.69) is 0 Å². The molecule has 0 bridgehead atoms. The third kappa shape index (κ3) is 2.33. The largest absolute Gasteiger partial charge is 0.495 e. The van der Waals surface area contributed by atoms with E-state index >= 15 is 0 Å². The first-order valence-electron chi connectivity index (χ1n) is 5.30. The van der Waals surface area contributed by atoms with Gasteiger partial charge < -0.3 is 19.9 Å². The summed E-state index contributed by atoms with van der Waals surface area (Å²) in [6.45, 7) is 1.47. The van der Waals surface area contributed by atoms with Crippen LogP contribution < -0.4 is 19.9 Å². The molecule has 2 rings (SSSR count). The molecule has 0 atom stereocenters. The zero-order valence-corrected chi connectivity index (χ0v) is 10.3. The summed E-state index contributed by atoms with van der Waals surface area (Å²) in [5.41, 5.74) is 6.18. The average molecular weight is 256 g/mol. The van der Waals surface area contributed by atoms with Crippen LogP contribution in [-0.2, 0) is 0 Å². The molecule has 1 aromatic rings. The van der Waals surface area contributed by atoms with Crippen LogP contribution in [0, 0.1) is 0 Å². The normalized spacial score (nSPS) is 14.1. The highest BCUT2D eigenvalue weighted by atomic mass is 35.5. The molecule has 0 saturated carbocycles. The second kappa shape index (κ2) is 5.29. The van der Waals surface area contributed by atoms with Crippen LogP contribution in [0.2, 0.25) is 5.02 Å². The number of halogens is 1. The molecule has 0 radical (unpaired) electrons. The molecule has 0 unspecified atom stereocenters. The molecular formula is C12H14ClNO3. The van der Waals surface area contributed by atoms with Crippen molar-refractivity contribution in [1.82, 2.24) is 0 Å². The molecule has 1 heterocycles. The zero-order chi connectivity index (χ0) is 12.3. The van der Waals surface area contributed by atoms with Crippen LogP contribution in [0.3, 0.4) is 0 Å². The summed E-state index contributed by atoms with van der Waals surface area (Å²) < 4.78 is 16.3. The van der Waals surface area contributed by atoms with E-state index in [1.807, 2.05) is 6.08 Å². The van der Waals surface area contributed by atoms with E-state index in [1.165, 1.54) is 0 Å². The Labute approximate surface area is 105 Å². The predicted octanol–water partition coefficient (Wildman–Crippen LogP) is 2.09. The fourth-order valence-corrected chi connectivity index (χ4v) is 1.93. The van der Waals surface area contributed by atoms with Crippen molar-refractivity contribution in [1.29, 1.82) is 0 Å². The molecule has 2 N–H and O–H groups in total. The molecule has 1 aliphatic rings. The molecule has 17 heavy (non-hydrogen) atoms. The minimum absolute atomic E-state index is 0.434. The summed E-state index contributed by atoms with van der Waals surface area (Å²) in [4.78, 5) is 0. The fourth-order valence-electron chi connectivity index (χ4n) is 1.65. The number of methoxy groups -OCH3 is 1. The van der Waals surface area contributed by atoms with E-state index in [0.29, 0.717) is 42.0 Å². The Morgan fingerprint density at radius 2 is 2.24 bits per heavy atom. The first-order valence-corrected chi connectivity index (χ1v) is 5.68. The molecule has 0 aromatic heterocycles. The van der Waals surface area contributed by atoms with Gasteiger partial charge in [-0.1, -0.05) is 23.8 Å². The van der Waals surface area contributed by atoms with Crippen molar-refractivity contribution in [2.45, 2.75) is 0 Å². The van der Waals surface area contributed by atoms with E-state index in [1.54, 1.807) is 19.3 Å². The first-order chi connectivity index (χ1) is 8.27. The lowest BCUT2D eigenvalue weighted by molar-refractivity contribution is 0.170. The minimum atomic E-state index is 0.434. The monoisotopic (exact) mass is 255 g/mol. The van der Waals surface area contributed by atoms with E-state index in [4.69, 9.17) is 31.5 Å². The molecule has 1 aromatic carbocycles. The molecule has 4 nitrogen and oxygen atoms in total. The van der Waals surface area contributed by atoms with Gasteiger partial charge in [0.15, 0.2) is 11.5 Å². The van der Waals surface area contributed by atoms with E-state index in [0.717, 1.165) is 5.56 Å². The number of benzene rings is 1. The third-order valence-corrected chi connectivity index (χ3v) is 2.80. The molecule has 0 amide bonds. The Morgan fingerprint density at radius 3 is 2.94 bits per heavy atom. The lowest BCUT2D eigenvalue weighted by Crippen LogP contribution is -2.16.